The summed E-state index contributed by atoms with van der Waals surface area (Å²) in [4.78, 5) is 19.9. The highest BCUT2D eigenvalue weighted by molar-refractivity contribution is 5.69. The fourth-order valence-electron chi connectivity index (χ4n) is 0.577. The van der Waals surface area contributed by atoms with Crippen molar-refractivity contribution in [3.05, 3.63) is 0 Å². The average molecular weight is 146 g/mol. The van der Waals surface area contributed by atoms with Crippen LogP contribution >= 0.6 is 0 Å². The average Bonchev–Trinajstić information content (AvgIpc) is 1.59. The summed E-state index contributed by atoms with van der Waals surface area (Å²) in [5.41, 5.74) is -1.40. The molecule has 0 amide bonds. The Morgan fingerprint density at radius 2 is 2.20 bits per heavy atom. The van der Waals surface area contributed by atoms with Gasteiger partial charge in [-0.2, -0.15) is 0 Å². The molecule has 0 fully saturated rings. The molecular weight excluding hydrogens is 136 g/mol. The molecule has 0 heterocycles. The van der Waals surface area contributed by atoms with Gasteiger partial charge in [0.25, 0.3) is 0 Å². The van der Waals surface area contributed by atoms with Crippen LogP contribution in [0.15, 0.2) is 0 Å². The summed E-state index contributed by atoms with van der Waals surface area (Å²) in [6.07, 6.45) is -0.0338. The molecule has 0 aliphatic carbocycles. The van der Waals surface area contributed by atoms with Gasteiger partial charge in [-0.05, 0) is 6.92 Å². The highest BCUT2D eigenvalue weighted by atomic mass is 16.4. The van der Waals surface area contributed by atoms with Crippen molar-refractivity contribution in [2.75, 3.05) is 0 Å². The van der Waals surface area contributed by atoms with Crippen molar-refractivity contribution in [1.82, 2.24) is 0 Å². The van der Waals surface area contributed by atoms with E-state index in [4.69, 9.17) is 10.2 Å². The molecule has 0 spiro atoms. The minimum atomic E-state index is -1.40. The molecule has 0 bridgehead atoms. The zero-order valence-electron chi connectivity index (χ0n) is 5.70. The maximum absolute atomic E-state index is 10.0. The molecule has 58 valence electrons. The minimum absolute atomic E-state index is 0.140. The third kappa shape index (κ3) is 4.03. The highest BCUT2D eigenvalue weighted by Gasteiger charge is 2.22. The summed E-state index contributed by atoms with van der Waals surface area (Å²) in [5, 5.41) is 17.3. The molecule has 0 aliphatic rings. The van der Waals surface area contributed by atoms with Crippen molar-refractivity contribution < 1.29 is 19.8 Å². The zero-order chi connectivity index (χ0) is 8.20. The van der Waals surface area contributed by atoms with Gasteiger partial charge < -0.3 is 15.0 Å². The Bertz CT molecular complexity index is 139. The van der Waals surface area contributed by atoms with Crippen LogP contribution in [0.2, 0.25) is 0 Å². The van der Waals surface area contributed by atoms with E-state index in [1.807, 2.05) is 0 Å². The van der Waals surface area contributed by atoms with Gasteiger partial charge in [-0.3, -0.25) is 4.79 Å². The van der Waals surface area contributed by atoms with E-state index < -0.39 is 18.0 Å². The Hall–Kier alpha value is -0.900. The third-order valence-corrected chi connectivity index (χ3v) is 1.06. The molecule has 10 heavy (non-hydrogen) atoms. The van der Waals surface area contributed by atoms with Gasteiger partial charge in [-0.15, -0.1) is 0 Å². The number of rotatable bonds is 4. The Labute approximate surface area is 58.5 Å². The lowest BCUT2D eigenvalue weighted by atomic mass is 9.99. The maximum atomic E-state index is 10.0. The zero-order valence-corrected chi connectivity index (χ0v) is 5.70. The maximum Gasteiger partial charge on any atom is 0.306 e. The molecule has 0 aromatic carbocycles. The molecule has 2 N–H and O–H groups in total. The molecule has 0 rings (SSSR count). The number of aliphatic hydroxyl groups is 1. The van der Waals surface area contributed by atoms with Crippen molar-refractivity contribution in [2.45, 2.75) is 25.4 Å². The first-order chi connectivity index (χ1) is 4.48. The molecule has 0 aliphatic heterocycles. The van der Waals surface area contributed by atoms with Crippen molar-refractivity contribution in [3.63, 3.8) is 0 Å². The Balaban J connectivity index is 3.85. The summed E-state index contributed by atoms with van der Waals surface area (Å²) in [5.74, 6) is -1.10. The Morgan fingerprint density at radius 1 is 1.70 bits per heavy atom. The van der Waals surface area contributed by atoms with Crippen LogP contribution in [0.4, 0.5) is 0 Å². The molecule has 0 aromatic heterocycles. The first-order valence-corrected chi connectivity index (χ1v) is 2.86. The quantitative estimate of drug-likeness (QED) is 0.538. The molecular formula is C6H10O4. The fourth-order valence-corrected chi connectivity index (χ4v) is 0.577. The second-order valence-corrected chi connectivity index (χ2v) is 2.44. The van der Waals surface area contributed by atoms with Crippen LogP contribution in [0.3, 0.4) is 0 Å². The lowest BCUT2D eigenvalue weighted by Crippen LogP contribution is -2.27. The van der Waals surface area contributed by atoms with E-state index in [1.165, 1.54) is 6.92 Å². The van der Waals surface area contributed by atoms with Gasteiger partial charge in [0, 0.05) is 6.42 Å². The van der Waals surface area contributed by atoms with E-state index in [9.17, 15) is 9.59 Å². The van der Waals surface area contributed by atoms with Gasteiger partial charge in [0.05, 0.1) is 12.0 Å². The van der Waals surface area contributed by atoms with E-state index in [1.54, 1.807) is 0 Å². The van der Waals surface area contributed by atoms with E-state index >= 15 is 0 Å². The minimum Gasteiger partial charge on any atom is -0.481 e. The van der Waals surface area contributed by atoms with Crippen molar-refractivity contribution >= 4 is 12.3 Å². The van der Waals surface area contributed by atoms with Crippen LogP contribution < -0.4 is 0 Å². The number of carboxylic acids is 1. The van der Waals surface area contributed by atoms with Gasteiger partial charge in [0.2, 0.25) is 0 Å². The van der Waals surface area contributed by atoms with Crippen LogP contribution in [0.1, 0.15) is 19.8 Å². The molecule has 0 aromatic rings. The molecule has 0 saturated heterocycles. The monoisotopic (exact) mass is 146 g/mol. The van der Waals surface area contributed by atoms with Crippen LogP contribution in [-0.4, -0.2) is 28.1 Å². The number of aliphatic carboxylic acids is 1. The smallest absolute Gasteiger partial charge is 0.306 e. The standard InChI is InChI=1S/C6H10O4/c1-6(10,2-3-7)4-5(8)9/h3,10H,2,4H2,1H3,(H,8,9). The van der Waals surface area contributed by atoms with Gasteiger partial charge >= 0.3 is 5.97 Å². The van der Waals surface area contributed by atoms with E-state index in [-0.39, 0.29) is 6.42 Å². The van der Waals surface area contributed by atoms with E-state index in [0.29, 0.717) is 6.29 Å². The summed E-state index contributed by atoms with van der Waals surface area (Å²) in [7, 11) is 0. The number of hydrogen-bond acceptors (Lipinski definition) is 3. The number of carbonyl (C=O) groups is 2. The number of carboxylic acid groups (broad SMARTS) is 1. The van der Waals surface area contributed by atoms with Gasteiger partial charge in [-0.25, -0.2) is 0 Å². The van der Waals surface area contributed by atoms with Crippen molar-refractivity contribution in [1.29, 1.82) is 0 Å². The van der Waals surface area contributed by atoms with Crippen LogP contribution in [0, 0.1) is 0 Å². The fraction of sp³-hybridized carbons (Fsp3) is 0.667. The topological polar surface area (TPSA) is 74.6 Å². The first-order valence-electron chi connectivity index (χ1n) is 2.86. The molecule has 0 saturated carbocycles. The molecule has 1 unspecified atom stereocenters. The Kier molecular flexibility index (Phi) is 3.02. The number of hydrogen-bond donors (Lipinski definition) is 2. The predicted octanol–water partition coefficient (Wildman–Crippen LogP) is -0.199. The summed E-state index contributed by atoms with van der Waals surface area (Å²) < 4.78 is 0. The predicted molar refractivity (Wildman–Crippen MR) is 33.6 cm³/mol. The first kappa shape index (κ1) is 9.10. The van der Waals surface area contributed by atoms with Crippen LogP contribution in [0.25, 0.3) is 0 Å². The van der Waals surface area contributed by atoms with E-state index in [0.717, 1.165) is 0 Å². The van der Waals surface area contributed by atoms with E-state index in [2.05, 4.69) is 0 Å². The lowest BCUT2D eigenvalue weighted by Gasteiger charge is -2.16. The SMILES string of the molecule is CC(O)(CC=O)CC(=O)O. The molecule has 0 radical (unpaired) electrons. The summed E-state index contributed by atoms with van der Waals surface area (Å²) in [6, 6.07) is 0. The summed E-state index contributed by atoms with van der Waals surface area (Å²) >= 11 is 0. The Morgan fingerprint density at radius 3 is 2.50 bits per heavy atom. The largest absolute Gasteiger partial charge is 0.481 e. The third-order valence-electron chi connectivity index (χ3n) is 1.06. The molecule has 4 nitrogen and oxygen atoms in total. The second-order valence-electron chi connectivity index (χ2n) is 2.44. The second kappa shape index (κ2) is 3.31. The van der Waals surface area contributed by atoms with Crippen molar-refractivity contribution in [2.24, 2.45) is 0 Å². The van der Waals surface area contributed by atoms with Gasteiger partial charge in [0.15, 0.2) is 0 Å². The molecule has 4 heteroatoms. The summed E-state index contributed by atoms with van der Waals surface area (Å²) in [6.45, 7) is 1.32. The highest BCUT2D eigenvalue weighted by Crippen LogP contribution is 2.11. The van der Waals surface area contributed by atoms with Crippen molar-refractivity contribution in [3.8, 4) is 0 Å². The number of aldehydes is 1. The lowest BCUT2D eigenvalue weighted by molar-refractivity contribution is -0.142. The van der Waals surface area contributed by atoms with Gasteiger partial charge in [-0.1, -0.05) is 0 Å². The van der Waals surface area contributed by atoms with Gasteiger partial charge in [0.1, 0.15) is 6.29 Å². The normalized spacial score (nSPS) is 15.8. The number of carbonyl (C=O) groups excluding carboxylic acids is 1. The van der Waals surface area contributed by atoms with Crippen LogP contribution in [-0.2, 0) is 9.59 Å². The van der Waals surface area contributed by atoms with Crippen LogP contribution in [0.5, 0.6) is 0 Å². The molecule has 1 atom stereocenters.